The molecule has 0 saturated heterocycles. The summed E-state index contributed by atoms with van der Waals surface area (Å²) in [5.41, 5.74) is 0.637. The fraction of sp³-hybridized carbons (Fsp3) is 0.235. The number of hydrogen-bond acceptors (Lipinski definition) is 3. The molecule has 0 aromatic heterocycles. The molecule has 0 saturated carbocycles. The van der Waals surface area contributed by atoms with Gasteiger partial charge < -0.3 is 9.47 Å². The Morgan fingerprint density at radius 3 is 2.48 bits per heavy atom. The van der Waals surface area contributed by atoms with E-state index in [4.69, 9.17) is 9.47 Å². The Morgan fingerprint density at radius 2 is 1.86 bits per heavy atom. The van der Waals surface area contributed by atoms with E-state index in [2.05, 4.69) is 22.9 Å². The summed E-state index contributed by atoms with van der Waals surface area (Å²) >= 11 is 3.39. The van der Waals surface area contributed by atoms with E-state index in [-0.39, 0.29) is 5.78 Å². The Labute approximate surface area is 133 Å². The molecule has 0 amide bonds. The fourth-order valence-electron chi connectivity index (χ4n) is 1.84. The molecular weight excluding hydrogens is 332 g/mol. The monoisotopic (exact) mass is 348 g/mol. The van der Waals surface area contributed by atoms with Gasteiger partial charge in [-0.2, -0.15) is 0 Å². The lowest BCUT2D eigenvalue weighted by Crippen LogP contribution is -1.98. The molecule has 2 aromatic rings. The van der Waals surface area contributed by atoms with Crippen molar-refractivity contribution in [1.82, 2.24) is 0 Å². The predicted octanol–water partition coefficient (Wildman–Crippen LogP) is 5.23. The molecule has 0 heterocycles. The summed E-state index contributed by atoms with van der Waals surface area (Å²) < 4.78 is 12.2. The van der Waals surface area contributed by atoms with E-state index < -0.39 is 0 Å². The van der Waals surface area contributed by atoms with E-state index >= 15 is 0 Å². The minimum Gasteiger partial charge on any atom is -0.490 e. The van der Waals surface area contributed by atoms with Crippen molar-refractivity contribution in [2.24, 2.45) is 0 Å². The minimum absolute atomic E-state index is 0.0140. The first-order valence-corrected chi connectivity index (χ1v) is 7.61. The smallest absolute Gasteiger partial charge is 0.169 e. The fourth-order valence-corrected chi connectivity index (χ4v) is 2.47. The van der Waals surface area contributed by atoms with Gasteiger partial charge in [-0.25, -0.2) is 0 Å². The summed E-state index contributed by atoms with van der Waals surface area (Å²) in [4.78, 5) is 11.4. The van der Waals surface area contributed by atoms with E-state index in [1.165, 1.54) is 6.92 Å². The van der Waals surface area contributed by atoms with Gasteiger partial charge in [0.1, 0.15) is 5.75 Å². The Morgan fingerprint density at radius 1 is 1.14 bits per heavy atom. The van der Waals surface area contributed by atoms with Crippen molar-refractivity contribution < 1.29 is 14.3 Å². The van der Waals surface area contributed by atoms with Crippen LogP contribution in [0.2, 0.25) is 0 Å². The molecule has 0 unspecified atom stereocenters. The molecule has 3 nitrogen and oxygen atoms in total. The lowest BCUT2D eigenvalue weighted by atomic mass is 10.1. The van der Waals surface area contributed by atoms with Crippen LogP contribution in [0, 0.1) is 0 Å². The first-order chi connectivity index (χ1) is 10.1. The van der Waals surface area contributed by atoms with Crippen molar-refractivity contribution in [2.75, 3.05) is 6.61 Å². The zero-order valence-electron chi connectivity index (χ0n) is 12.1. The first-order valence-electron chi connectivity index (χ1n) is 6.82. The van der Waals surface area contributed by atoms with Gasteiger partial charge in [0.15, 0.2) is 17.3 Å². The van der Waals surface area contributed by atoms with Gasteiger partial charge in [0.2, 0.25) is 0 Å². The second kappa shape index (κ2) is 7.27. The minimum atomic E-state index is 0.0140. The van der Waals surface area contributed by atoms with Crippen LogP contribution in [0.4, 0.5) is 0 Å². The molecular formula is C17H17BrO3. The normalized spacial score (nSPS) is 10.2. The topological polar surface area (TPSA) is 35.5 Å². The number of ether oxygens (including phenoxy) is 2. The first kappa shape index (κ1) is 15.6. The number of rotatable bonds is 6. The van der Waals surface area contributed by atoms with E-state index in [9.17, 15) is 4.79 Å². The molecule has 2 aromatic carbocycles. The highest BCUT2D eigenvalue weighted by atomic mass is 79.9. The van der Waals surface area contributed by atoms with E-state index in [0.717, 1.165) is 10.9 Å². The zero-order valence-corrected chi connectivity index (χ0v) is 13.6. The molecule has 0 N–H and O–H groups in total. The van der Waals surface area contributed by atoms with Gasteiger partial charge >= 0.3 is 0 Å². The van der Waals surface area contributed by atoms with Gasteiger partial charge in [0.05, 0.1) is 6.61 Å². The molecule has 0 atom stereocenters. The molecule has 4 heteroatoms. The third kappa shape index (κ3) is 4.08. The van der Waals surface area contributed by atoms with Crippen molar-refractivity contribution in [2.45, 2.75) is 20.3 Å². The van der Waals surface area contributed by atoms with Crippen molar-refractivity contribution in [3.63, 3.8) is 0 Å². The van der Waals surface area contributed by atoms with Gasteiger partial charge in [-0.1, -0.05) is 19.1 Å². The largest absolute Gasteiger partial charge is 0.490 e. The number of para-hydroxylation sites is 2. The average Bonchev–Trinajstić information content (AvgIpc) is 2.46. The molecule has 0 bridgehead atoms. The molecule has 0 spiro atoms. The molecule has 0 aliphatic rings. The van der Waals surface area contributed by atoms with E-state index in [0.29, 0.717) is 29.4 Å². The lowest BCUT2D eigenvalue weighted by Gasteiger charge is -2.12. The summed E-state index contributed by atoms with van der Waals surface area (Å²) in [6, 6.07) is 12.9. The number of halogens is 1. The molecule has 0 aliphatic heterocycles. The van der Waals surface area contributed by atoms with E-state index in [1.54, 1.807) is 18.2 Å². The average molecular weight is 349 g/mol. The standard InChI is InChI=1S/C17H17BrO3/c1-3-10-20-16-6-4-5-7-17(16)21-13-8-9-14(12(2)19)15(18)11-13/h4-9,11H,3,10H2,1-2H3. The van der Waals surface area contributed by atoms with Gasteiger partial charge in [-0.05, 0) is 59.6 Å². The van der Waals surface area contributed by atoms with Crippen molar-refractivity contribution in [1.29, 1.82) is 0 Å². The second-order valence-corrected chi connectivity index (χ2v) is 5.45. The third-order valence-electron chi connectivity index (χ3n) is 2.86. The van der Waals surface area contributed by atoms with Crippen LogP contribution in [0.3, 0.4) is 0 Å². The van der Waals surface area contributed by atoms with Gasteiger partial charge in [-0.3, -0.25) is 4.79 Å². The van der Waals surface area contributed by atoms with Crippen LogP contribution in [0.25, 0.3) is 0 Å². The third-order valence-corrected chi connectivity index (χ3v) is 3.51. The van der Waals surface area contributed by atoms with Crippen LogP contribution >= 0.6 is 15.9 Å². The Bertz CT molecular complexity index is 638. The van der Waals surface area contributed by atoms with Crippen LogP contribution in [0.1, 0.15) is 30.6 Å². The zero-order chi connectivity index (χ0) is 15.2. The number of carbonyl (C=O) groups is 1. The Kier molecular flexibility index (Phi) is 5.39. The van der Waals surface area contributed by atoms with Crippen molar-refractivity contribution in [3.05, 3.63) is 52.5 Å². The number of carbonyl (C=O) groups excluding carboxylic acids is 1. The molecule has 0 aliphatic carbocycles. The molecule has 110 valence electrons. The second-order valence-electron chi connectivity index (χ2n) is 4.60. The summed E-state index contributed by atoms with van der Waals surface area (Å²) in [6.45, 7) is 4.24. The molecule has 2 rings (SSSR count). The summed E-state index contributed by atoms with van der Waals surface area (Å²) in [5, 5.41) is 0. The van der Waals surface area contributed by atoms with Gasteiger partial charge in [-0.15, -0.1) is 0 Å². The summed E-state index contributed by atoms with van der Waals surface area (Å²) in [7, 11) is 0. The highest BCUT2D eigenvalue weighted by molar-refractivity contribution is 9.10. The lowest BCUT2D eigenvalue weighted by molar-refractivity contribution is 0.101. The highest BCUT2D eigenvalue weighted by Gasteiger charge is 2.09. The van der Waals surface area contributed by atoms with Crippen LogP contribution in [-0.2, 0) is 0 Å². The number of benzene rings is 2. The van der Waals surface area contributed by atoms with Crippen LogP contribution in [0.5, 0.6) is 17.2 Å². The SMILES string of the molecule is CCCOc1ccccc1Oc1ccc(C(C)=O)c(Br)c1. The summed E-state index contributed by atoms with van der Waals surface area (Å²) in [5.74, 6) is 2.04. The molecule has 0 radical (unpaired) electrons. The van der Waals surface area contributed by atoms with Gasteiger partial charge in [0.25, 0.3) is 0 Å². The van der Waals surface area contributed by atoms with Crippen LogP contribution < -0.4 is 9.47 Å². The quantitative estimate of drug-likeness (QED) is 0.670. The van der Waals surface area contributed by atoms with Crippen molar-refractivity contribution >= 4 is 21.7 Å². The Balaban J connectivity index is 2.22. The number of Topliss-reactive ketones (excluding diaryl/α,β-unsaturated/α-hetero) is 1. The highest BCUT2D eigenvalue weighted by Crippen LogP contribution is 2.33. The summed E-state index contributed by atoms with van der Waals surface area (Å²) in [6.07, 6.45) is 0.938. The maximum atomic E-state index is 11.4. The number of hydrogen-bond donors (Lipinski definition) is 0. The van der Waals surface area contributed by atoms with Gasteiger partial charge in [0, 0.05) is 10.0 Å². The maximum Gasteiger partial charge on any atom is 0.169 e. The number of ketones is 1. The van der Waals surface area contributed by atoms with Crippen LogP contribution in [-0.4, -0.2) is 12.4 Å². The molecule has 21 heavy (non-hydrogen) atoms. The van der Waals surface area contributed by atoms with Crippen LogP contribution in [0.15, 0.2) is 46.9 Å². The maximum absolute atomic E-state index is 11.4. The van der Waals surface area contributed by atoms with Crippen molar-refractivity contribution in [3.8, 4) is 17.2 Å². The van der Waals surface area contributed by atoms with E-state index in [1.807, 2.05) is 24.3 Å². The Hall–Kier alpha value is -1.81. The molecule has 0 fully saturated rings. The predicted molar refractivity (Wildman–Crippen MR) is 86.4 cm³/mol.